The van der Waals surface area contributed by atoms with Gasteiger partial charge < -0.3 is 66.0 Å². The molecule has 0 spiro atoms. The van der Waals surface area contributed by atoms with Crippen LogP contribution in [0.3, 0.4) is 0 Å². The molecular weight excluding hydrogens is 656 g/mol. The van der Waals surface area contributed by atoms with Crippen LogP contribution in [-0.2, 0) is 9.53 Å². The van der Waals surface area contributed by atoms with Gasteiger partial charge in [-0.1, -0.05) is 50.7 Å². The zero-order chi connectivity index (χ0) is 37.7. The minimum absolute atomic E-state index is 0.0598. The summed E-state index contributed by atoms with van der Waals surface area (Å²) >= 11 is 0. The van der Waals surface area contributed by atoms with Gasteiger partial charge in [0.1, 0.15) is 12.7 Å². The third-order valence-corrected chi connectivity index (χ3v) is 9.37. The fourth-order valence-corrected chi connectivity index (χ4v) is 6.56. The molecule has 0 saturated heterocycles. The Bertz CT molecular complexity index is 818. The van der Waals surface area contributed by atoms with E-state index in [0.717, 1.165) is 51.4 Å². The normalized spacial score (nSPS) is 18.2. The lowest BCUT2D eigenvalue weighted by Crippen LogP contribution is -2.42. The van der Waals surface area contributed by atoms with E-state index in [0.29, 0.717) is 25.7 Å². The Morgan fingerprint density at radius 3 is 1.44 bits per heavy atom. The molecule has 0 radical (unpaired) electrons. The van der Waals surface area contributed by atoms with Crippen molar-refractivity contribution >= 4 is 5.97 Å². The first-order chi connectivity index (χ1) is 24.0. The van der Waals surface area contributed by atoms with E-state index in [2.05, 4.69) is 12.2 Å². The molecule has 0 bridgehead atoms. The third kappa shape index (κ3) is 23.3. The quantitative estimate of drug-likeness (QED) is 0.0235. The second kappa shape index (κ2) is 31.3. The van der Waals surface area contributed by atoms with Crippen LogP contribution in [0.15, 0.2) is 12.2 Å². The Morgan fingerprint density at radius 2 is 0.900 bits per heavy atom. The van der Waals surface area contributed by atoms with Crippen molar-refractivity contribution in [2.24, 2.45) is 23.7 Å². The number of carbonyl (C=O) groups is 1. The molecule has 0 aromatic carbocycles. The summed E-state index contributed by atoms with van der Waals surface area (Å²) in [5, 5.41) is 118. The summed E-state index contributed by atoms with van der Waals surface area (Å²) in [6.45, 7) is -3.94. The number of rotatable bonds is 34. The van der Waals surface area contributed by atoms with Gasteiger partial charge in [-0.2, -0.15) is 0 Å². The molecule has 0 rings (SSSR count). The number of aliphatic hydroxyl groups is 12. The highest BCUT2D eigenvalue weighted by atomic mass is 16.5. The highest BCUT2D eigenvalue weighted by Crippen LogP contribution is 2.41. The van der Waals surface area contributed by atoms with Crippen LogP contribution in [0.1, 0.15) is 103 Å². The summed E-state index contributed by atoms with van der Waals surface area (Å²) in [6, 6.07) is 0. The fourth-order valence-electron chi connectivity index (χ4n) is 6.56. The van der Waals surface area contributed by atoms with Crippen LogP contribution >= 0.6 is 0 Å². The average molecular weight is 727 g/mol. The van der Waals surface area contributed by atoms with Crippen LogP contribution in [0, 0.1) is 23.7 Å². The van der Waals surface area contributed by atoms with E-state index >= 15 is 0 Å². The van der Waals surface area contributed by atoms with Gasteiger partial charge in [0.2, 0.25) is 0 Å². The van der Waals surface area contributed by atoms with Gasteiger partial charge in [-0.3, -0.25) is 4.79 Å². The van der Waals surface area contributed by atoms with Gasteiger partial charge >= 0.3 is 5.97 Å². The van der Waals surface area contributed by atoms with E-state index in [9.17, 15) is 61.0 Å². The number of aliphatic hydroxyl groups excluding tert-OH is 12. The van der Waals surface area contributed by atoms with Crippen LogP contribution in [0.4, 0.5) is 0 Å². The minimum Gasteiger partial charge on any atom is -0.463 e. The zero-order valence-electron chi connectivity index (χ0n) is 29.9. The average Bonchev–Trinajstić information content (AvgIpc) is 3.12. The lowest BCUT2D eigenvalue weighted by atomic mass is 9.66. The lowest BCUT2D eigenvalue weighted by molar-refractivity contribution is -0.158. The number of ether oxygens (including phenoxy) is 1. The molecule has 0 amide bonds. The summed E-state index contributed by atoms with van der Waals surface area (Å²) in [5.41, 5.74) is 0. The summed E-state index contributed by atoms with van der Waals surface area (Å²) in [5.74, 6) is -4.18. The molecule has 0 aromatic heterocycles. The van der Waals surface area contributed by atoms with E-state index in [4.69, 9.17) is 9.84 Å². The Morgan fingerprint density at radius 1 is 0.460 bits per heavy atom. The second-order valence-electron chi connectivity index (χ2n) is 13.7. The van der Waals surface area contributed by atoms with E-state index < -0.39 is 106 Å². The number of hydrogen-bond acceptors (Lipinski definition) is 14. The first kappa shape index (κ1) is 48.7. The molecule has 10 atom stereocenters. The van der Waals surface area contributed by atoms with Crippen molar-refractivity contribution in [3.8, 4) is 0 Å². The molecule has 298 valence electrons. The van der Waals surface area contributed by atoms with E-state index in [-0.39, 0.29) is 32.3 Å². The smallest absolute Gasteiger partial charge is 0.309 e. The molecule has 0 aliphatic rings. The highest BCUT2D eigenvalue weighted by molar-refractivity contribution is 5.73. The molecule has 0 heterocycles. The van der Waals surface area contributed by atoms with Crippen molar-refractivity contribution in [3.05, 3.63) is 12.2 Å². The van der Waals surface area contributed by atoms with Gasteiger partial charge in [0.05, 0.1) is 76.1 Å². The van der Waals surface area contributed by atoms with Gasteiger partial charge in [0.15, 0.2) is 0 Å². The molecule has 0 fully saturated rings. The number of allylic oxidation sites excluding steroid dienone is 2. The van der Waals surface area contributed by atoms with Crippen LogP contribution in [0.25, 0.3) is 0 Å². The molecule has 14 nitrogen and oxygen atoms in total. The van der Waals surface area contributed by atoms with Gasteiger partial charge in [-0.25, -0.2) is 0 Å². The summed E-state index contributed by atoms with van der Waals surface area (Å²) in [6.07, 6.45) is 7.37. The van der Waals surface area contributed by atoms with Crippen LogP contribution in [0.2, 0.25) is 0 Å². The van der Waals surface area contributed by atoms with Crippen molar-refractivity contribution in [3.63, 3.8) is 0 Å². The largest absolute Gasteiger partial charge is 0.463 e. The maximum atomic E-state index is 13.4. The number of esters is 1. The van der Waals surface area contributed by atoms with Gasteiger partial charge in [0, 0.05) is 0 Å². The number of carbonyl (C=O) groups excluding carboxylic acids is 1. The van der Waals surface area contributed by atoms with Crippen molar-refractivity contribution in [1.29, 1.82) is 0 Å². The Labute approximate surface area is 298 Å². The molecule has 10 unspecified atom stereocenters. The van der Waals surface area contributed by atoms with Crippen molar-refractivity contribution in [2.45, 2.75) is 139 Å². The predicted octanol–water partition coefficient (Wildman–Crippen LogP) is -0.0886. The maximum absolute atomic E-state index is 13.4. The van der Waals surface area contributed by atoms with E-state index in [1.807, 2.05) is 0 Å². The zero-order valence-corrected chi connectivity index (χ0v) is 29.9. The standard InChI is InChI=1S/C36H70O14/c37-19-27(43)14-12-10-8-6-4-2-1-3-5-7-9-11-13-26(15-28(44)20-38)33(16-29(45)21-39)34(17-30(46)22-40)35(18-31(47)23-41)36(49)50-25-32(48)24-42/h5,7,26-35,37-48H,1-4,6,8-25H2/b7-5-. The summed E-state index contributed by atoms with van der Waals surface area (Å²) in [7, 11) is 0. The van der Waals surface area contributed by atoms with E-state index in [1.165, 1.54) is 0 Å². The molecule has 12 N–H and O–H groups in total. The molecular formula is C36H70O14. The maximum Gasteiger partial charge on any atom is 0.309 e. The Kier molecular flexibility index (Phi) is 30.5. The van der Waals surface area contributed by atoms with Crippen molar-refractivity contribution < 1.29 is 70.8 Å². The topological polar surface area (TPSA) is 269 Å². The predicted molar refractivity (Wildman–Crippen MR) is 186 cm³/mol. The van der Waals surface area contributed by atoms with Crippen molar-refractivity contribution in [1.82, 2.24) is 0 Å². The fraction of sp³-hybridized carbons (Fsp3) is 0.917. The van der Waals surface area contributed by atoms with Crippen LogP contribution in [0.5, 0.6) is 0 Å². The Balaban J connectivity index is 5.75. The van der Waals surface area contributed by atoms with Gasteiger partial charge in [-0.15, -0.1) is 0 Å². The first-order valence-corrected chi connectivity index (χ1v) is 18.5. The van der Waals surface area contributed by atoms with Crippen LogP contribution < -0.4 is 0 Å². The molecule has 0 saturated carbocycles. The highest BCUT2D eigenvalue weighted by Gasteiger charge is 2.42. The SMILES string of the molecule is O=C(OCC(O)CO)C(CC(O)CO)C(CC(O)CO)C(CC(O)CO)C(CCC/C=C\CCCCCCCCCC(O)CO)CC(O)CO. The minimum atomic E-state index is -1.38. The Hall–Kier alpha value is -1.27. The molecule has 0 aromatic rings. The number of hydrogen-bond donors (Lipinski definition) is 12. The van der Waals surface area contributed by atoms with E-state index in [1.54, 1.807) is 0 Å². The van der Waals surface area contributed by atoms with Gasteiger partial charge in [-0.05, 0) is 82.0 Å². The number of unbranched alkanes of at least 4 members (excludes halogenated alkanes) is 8. The third-order valence-electron chi connectivity index (χ3n) is 9.37. The molecule has 50 heavy (non-hydrogen) atoms. The molecule has 0 aliphatic heterocycles. The lowest BCUT2D eigenvalue weighted by Gasteiger charge is -2.40. The first-order valence-electron chi connectivity index (χ1n) is 18.5. The summed E-state index contributed by atoms with van der Waals surface area (Å²) < 4.78 is 5.24. The molecule has 14 heteroatoms. The van der Waals surface area contributed by atoms with Crippen molar-refractivity contribution in [2.75, 3.05) is 46.2 Å². The monoisotopic (exact) mass is 726 g/mol. The van der Waals surface area contributed by atoms with Gasteiger partial charge in [0.25, 0.3) is 0 Å². The molecule has 0 aliphatic carbocycles. The second-order valence-corrected chi connectivity index (χ2v) is 13.7. The van der Waals surface area contributed by atoms with Crippen LogP contribution in [-0.4, -0.2) is 150 Å². The summed E-state index contributed by atoms with van der Waals surface area (Å²) in [4.78, 5) is 13.4.